The van der Waals surface area contributed by atoms with Crippen molar-refractivity contribution >= 4 is 15.9 Å². The SMILES string of the molecule is Cc1nc(C)c(CC(=O)N2C[C@@H](CS(=O)(=O)N(C)C)[C@@H](O)C2)c(=O)[nH]1. The van der Waals surface area contributed by atoms with Crippen molar-refractivity contribution in [1.82, 2.24) is 19.2 Å². The fourth-order valence-electron chi connectivity index (χ4n) is 2.86. The molecule has 1 saturated heterocycles. The van der Waals surface area contributed by atoms with Crippen LogP contribution in [0.15, 0.2) is 4.79 Å². The number of hydrogen-bond acceptors (Lipinski definition) is 6. The third-order valence-electron chi connectivity index (χ3n) is 4.41. The van der Waals surface area contributed by atoms with Crippen molar-refractivity contribution in [3.8, 4) is 0 Å². The Bertz CT molecular complexity index is 818. The molecule has 1 aromatic heterocycles. The minimum atomic E-state index is -3.47. The summed E-state index contributed by atoms with van der Waals surface area (Å²) in [6.07, 6.45) is -1.04. The first kappa shape index (κ1) is 19.5. The maximum Gasteiger partial charge on any atom is 0.254 e. The molecule has 1 aliphatic rings. The number of aromatic amines is 1. The van der Waals surface area contributed by atoms with Gasteiger partial charge in [0.2, 0.25) is 15.9 Å². The first-order chi connectivity index (χ1) is 11.5. The lowest BCUT2D eigenvalue weighted by atomic mass is 10.1. The van der Waals surface area contributed by atoms with Crippen LogP contribution in [0.25, 0.3) is 0 Å². The summed E-state index contributed by atoms with van der Waals surface area (Å²) in [7, 11) is -0.611. The van der Waals surface area contributed by atoms with E-state index >= 15 is 0 Å². The van der Waals surface area contributed by atoms with Gasteiger partial charge >= 0.3 is 0 Å². The van der Waals surface area contributed by atoms with Gasteiger partial charge in [0.25, 0.3) is 5.56 Å². The minimum Gasteiger partial charge on any atom is -0.391 e. The molecule has 2 rings (SSSR count). The molecule has 0 bridgehead atoms. The molecular formula is C15H24N4O5S. The van der Waals surface area contributed by atoms with E-state index in [0.29, 0.717) is 11.5 Å². The normalized spacial score (nSPS) is 21.1. The zero-order chi connectivity index (χ0) is 18.9. The van der Waals surface area contributed by atoms with E-state index in [1.807, 2.05) is 0 Å². The van der Waals surface area contributed by atoms with Crippen molar-refractivity contribution in [3.63, 3.8) is 0 Å². The lowest BCUT2D eigenvalue weighted by Crippen LogP contribution is -2.34. The van der Waals surface area contributed by atoms with E-state index in [4.69, 9.17) is 0 Å². The van der Waals surface area contributed by atoms with Crippen LogP contribution in [0.3, 0.4) is 0 Å². The lowest BCUT2D eigenvalue weighted by molar-refractivity contribution is -0.129. The van der Waals surface area contributed by atoms with E-state index in [2.05, 4.69) is 9.97 Å². The summed E-state index contributed by atoms with van der Waals surface area (Å²) < 4.78 is 25.1. The van der Waals surface area contributed by atoms with E-state index in [9.17, 15) is 23.1 Å². The molecule has 25 heavy (non-hydrogen) atoms. The molecule has 9 nitrogen and oxygen atoms in total. The summed E-state index contributed by atoms with van der Waals surface area (Å²) in [6, 6.07) is 0. The highest BCUT2D eigenvalue weighted by atomic mass is 32.2. The summed E-state index contributed by atoms with van der Waals surface area (Å²) in [4.78, 5) is 32.6. The minimum absolute atomic E-state index is 0.0582. The second-order valence-electron chi connectivity index (χ2n) is 6.58. The number of aliphatic hydroxyl groups is 1. The molecule has 0 spiro atoms. The summed E-state index contributed by atoms with van der Waals surface area (Å²) >= 11 is 0. The van der Waals surface area contributed by atoms with Gasteiger partial charge < -0.3 is 15.0 Å². The molecule has 0 unspecified atom stereocenters. The van der Waals surface area contributed by atoms with Crippen molar-refractivity contribution in [2.45, 2.75) is 26.4 Å². The molecule has 1 aromatic rings. The quantitative estimate of drug-likeness (QED) is 0.658. The van der Waals surface area contributed by atoms with Gasteiger partial charge in [-0.1, -0.05) is 0 Å². The molecule has 0 radical (unpaired) electrons. The van der Waals surface area contributed by atoms with Crippen molar-refractivity contribution in [3.05, 3.63) is 27.4 Å². The number of carbonyl (C=O) groups excluding carboxylic acids is 1. The van der Waals surface area contributed by atoms with E-state index in [0.717, 1.165) is 4.31 Å². The number of carbonyl (C=O) groups is 1. The third-order valence-corrected chi connectivity index (χ3v) is 6.37. The van der Waals surface area contributed by atoms with Crippen molar-refractivity contribution in [1.29, 1.82) is 0 Å². The zero-order valence-electron chi connectivity index (χ0n) is 14.8. The molecular weight excluding hydrogens is 348 g/mol. The van der Waals surface area contributed by atoms with Gasteiger partial charge in [-0.2, -0.15) is 0 Å². The first-order valence-electron chi connectivity index (χ1n) is 7.93. The highest BCUT2D eigenvalue weighted by Gasteiger charge is 2.37. The van der Waals surface area contributed by atoms with Crippen molar-refractivity contribution in [2.75, 3.05) is 32.9 Å². The zero-order valence-corrected chi connectivity index (χ0v) is 15.6. The molecule has 1 amide bonds. The topological polar surface area (TPSA) is 124 Å². The Morgan fingerprint density at radius 2 is 2.00 bits per heavy atom. The Morgan fingerprint density at radius 1 is 1.36 bits per heavy atom. The number of aromatic nitrogens is 2. The van der Waals surface area contributed by atoms with Crippen LogP contribution in [0.5, 0.6) is 0 Å². The van der Waals surface area contributed by atoms with Gasteiger partial charge in [0, 0.05) is 44.4 Å². The van der Waals surface area contributed by atoms with Crippen LogP contribution >= 0.6 is 0 Å². The number of amides is 1. The summed E-state index contributed by atoms with van der Waals surface area (Å²) in [5, 5.41) is 10.1. The predicted octanol–water partition coefficient (Wildman–Crippen LogP) is -1.36. The van der Waals surface area contributed by atoms with Crippen LogP contribution in [-0.4, -0.2) is 77.6 Å². The van der Waals surface area contributed by atoms with E-state index < -0.39 is 22.0 Å². The number of sulfonamides is 1. The second-order valence-corrected chi connectivity index (χ2v) is 8.81. The van der Waals surface area contributed by atoms with Crippen LogP contribution in [-0.2, 0) is 21.2 Å². The second kappa shape index (κ2) is 7.22. The van der Waals surface area contributed by atoms with Gasteiger partial charge in [0.1, 0.15) is 5.82 Å². The number of likely N-dealkylation sites (tertiary alicyclic amines) is 1. The largest absolute Gasteiger partial charge is 0.391 e. The van der Waals surface area contributed by atoms with Crippen LogP contribution in [0.2, 0.25) is 0 Å². The number of aryl methyl sites for hydroxylation is 2. The molecule has 140 valence electrons. The Hall–Kier alpha value is -1.78. The number of hydrogen-bond donors (Lipinski definition) is 2. The summed E-state index contributed by atoms with van der Waals surface area (Å²) in [5.41, 5.74) is 0.417. The van der Waals surface area contributed by atoms with Gasteiger partial charge in [-0.3, -0.25) is 9.59 Å². The van der Waals surface area contributed by atoms with Gasteiger partial charge in [-0.05, 0) is 13.8 Å². The van der Waals surface area contributed by atoms with Crippen LogP contribution < -0.4 is 5.56 Å². The van der Waals surface area contributed by atoms with E-state index in [1.54, 1.807) is 13.8 Å². The van der Waals surface area contributed by atoms with Gasteiger partial charge in [0.05, 0.1) is 18.3 Å². The summed E-state index contributed by atoms with van der Waals surface area (Å²) in [5.74, 6) is -0.629. The maximum absolute atomic E-state index is 12.5. The molecule has 0 aromatic carbocycles. The molecule has 1 aliphatic heterocycles. The number of nitrogens with one attached hydrogen (secondary N) is 1. The number of rotatable bonds is 5. The number of H-pyrrole nitrogens is 1. The standard InChI is InChI=1S/C15H24N4O5S/c1-9-12(15(22)17-10(2)16-9)5-14(21)19-6-11(13(20)7-19)8-25(23,24)18(3)4/h11,13,20H,5-8H2,1-4H3,(H,16,17,22)/t11-,13-/m0/s1. The molecule has 0 aliphatic carbocycles. The smallest absolute Gasteiger partial charge is 0.254 e. The van der Waals surface area contributed by atoms with E-state index in [-0.39, 0.29) is 42.3 Å². The highest BCUT2D eigenvalue weighted by Crippen LogP contribution is 2.20. The predicted molar refractivity (Wildman–Crippen MR) is 91.6 cm³/mol. The highest BCUT2D eigenvalue weighted by molar-refractivity contribution is 7.89. The molecule has 0 saturated carbocycles. The van der Waals surface area contributed by atoms with Crippen LogP contribution in [0, 0.1) is 19.8 Å². The molecule has 2 heterocycles. The lowest BCUT2D eigenvalue weighted by Gasteiger charge is -2.18. The Balaban J connectivity index is 2.09. The number of nitrogens with zero attached hydrogens (tertiary/aromatic N) is 3. The Morgan fingerprint density at radius 3 is 2.56 bits per heavy atom. The van der Waals surface area contributed by atoms with Crippen molar-refractivity contribution < 1.29 is 18.3 Å². The monoisotopic (exact) mass is 372 g/mol. The van der Waals surface area contributed by atoms with Gasteiger partial charge in [0.15, 0.2) is 0 Å². The molecule has 10 heteroatoms. The third kappa shape index (κ3) is 4.44. The number of aliphatic hydroxyl groups excluding tert-OH is 1. The molecule has 2 atom stereocenters. The number of β-amino-alcohol motifs (C(OH)–C–C–N with tert-alkyl or cyclic N) is 1. The van der Waals surface area contributed by atoms with Crippen LogP contribution in [0.1, 0.15) is 17.1 Å². The van der Waals surface area contributed by atoms with Gasteiger partial charge in [-0.25, -0.2) is 17.7 Å². The fraction of sp³-hybridized carbons (Fsp3) is 0.667. The summed E-state index contributed by atoms with van der Waals surface area (Å²) in [6.45, 7) is 3.52. The molecule has 2 N–H and O–H groups in total. The average molecular weight is 372 g/mol. The average Bonchev–Trinajstić information content (AvgIpc) is 2.83. The van der Waals surface area contributed by atoms with Crippen molar-refractivity contribution in [2.24, 2.45) is 5.92 Å². The van der Waals surface area contributed by atoms with Gasteiger partial charge in [-0.15, -0.1) is 0 Å². The molecule has 1 fully saturated rings. The Labute approximate surface area is 146 Å². The van der Waals surface area contributed by atoms with Crippen LogP contribution in [0.4, 0.5) is 0 Å². The van der Waals surface area contributed by atoms with E-state index in [1.165, 1.54) is 19.0 Å². The Kier molecular flexibility index (Phi) is 5.65. The fourth-order valence-corrected chi connectivity index (χ4v) is 4.03. The maximum atomic E-state index is 12.5. The first-order valence-corrected chi connectivity index (χ1v) is 9.54.